The van der Waals surface area contributed by atoms with E-state index in [0.717, 1.165) is 36.0 Å². The van der Waals surface area contributed by atoms with Crippen LogP contribution in [0.4, 0.5) is 4.39 Å². The first kappa shape index (κ1) is 14.9. The molecule has 1 aliphatic heterocycles. The molecule has 0 bridgehead atoms. The molecule has 5 heteroatoms. The number of halogens is 2. The summed E-state index contributed by atoms with van der Waals surface area (Å²) in [4.78, 5) is 0. The molecule has 1 atom stereocenters. The van der Waals surface area contributed by atoms with Crippen LogP contribution >= 0.6 is 15.9 Å². The lowest BCUT2D eigenvalue weighted by molar-refractivity contribution is 0.124. The monoisotopic (exact) mass is 331 g/mol. The predicted molar refractivity (Wildman–Crippen MR) is 75.4 cm³/mol. The smallest absolute Gasteiger partial charge is 0.123 e. The van der Waals surface area contributed by atoms with Crippen LogP contribution in [0.5, 0.6) is 0 Å². The summed E-state index contributed by atoms with van der Waals surface area (Å²) in [7, 11) is 0. The third-order valence-electron chi connectivity index (χ3n) is 3.65. The molecule has 0 saturated carbocycles. The van der Waals surface area contributed by atoms with Gasteiger partial charge < -0.3 is 15.2 Å². The molecule has 0 aromatic heterocycles. The van der Waals surface area contributed by atoms with Gasteiger partial charge in [0.15, 0.2) is 0 Å². The molecule has 1 aromatic rings. The van der Waals surface area contributed by atoms with Crippen molar-refractivity contribution in [1.29, 1.82) is 0 Å². The van der Waals surface area contributed by atoms with E-state index < -0.39 is 0 Å². The third kappa shape index (κ3) is 3.99. The quantitative estimate of drug-likeness (QED) is 0.841. The van der Waals surface area contributed by atoms with Gasteiger partial charge in [0.25, 0.3) is 0 Å². The molecule has 1 aromatic carbocycles. The van der Waals surface area contributed by atoms with Gasteiger partial charge in [-0.3, -0.25) is 0 Å². The summed E-state index contributed by atoms with van der Waals surface area (Å²) < 4.78 is 19.5. The summed E-state index contributed by atoms with van der Waals surface area (Å²) in [5.74, 6) is -0.228. The Morgan fingerprint density at radius 2 is 2.32 bits per heavy atom. The van der Waals surface area contributed by atoms with Crippen molar-refractivity contribution < 1.29 is 14.2 Å². The summed E-state index contributed by atoms with van der Waals surface area (Å²) in [6.45, 7) is 2.99. The van der Waals surface area contributed by atoms with Crippen molar-refractivity contribution >= 4 is 15.9 Å². The largest absolute Gasteiger partial charge is 0.396 e. The Balaban J connectivity index is 1.90. The highest BCUT2D eigenvalue weighted by atomic mass is 79.9. The van der Waals surface area contributed by atoms with Crippen LogP contribution in [0.15, 0.2) is 22.7 Å². The molecular formula is C14H19BrFNO2. The maximum Gasteiger partial charge on any atom is 0.123 e. The van der Waals surface area contributed by atoms with E-state index in [1.54, 1.807) is 6.07 Å². The molecule has 2 N–H and O–H groups in total. The number of nitrogens with one attached hydrogen (secondary N) is 1. The molecular weight excluding hydrogens is 313 g/mol. The van der Waals surface area contributed by atoms with Crippen molar-refractivity contribution in [2.45, 2.75) is 19.4 Å². The van der Waals surface area contributed by atoms with Gasteiger partial charge in [-0.1, -0.05) is 15.9 Å². The molecule has 1 saturated heterocycles. The van der Waals surface area contributed by atoms with Gasteiger partial charge in [0.2, 0.25) is 0 Å². The fourth-order valence-electron chi connectivity index (χ4n) is 2.45. The average Bonchev–Trinajstić information content (AvgIpc) is 2.83. The lowest BCUT2D eigenvalue weighted by Crippen LogP contribution is -2.35. The van der Waals surface area contributed by atoms with Crippen LogP contribution in [0.2, 0.25) is 0 Å². The lowest BCUT2D eigenvalue weighted by Gasteiger charge is -2.27. The van der Waals surface area contributed by atoms with Crippen LogP contribution in [0.25, 0.3) is 0 Å². The number of ether oxygens (including phenoxy) is 1. The number of hydrogen-bond donors (Lipinski definition) is 2. The van der Waals surface area contributed by atoms with E-state index in [2.05, 4.69) is 21.2 Å². The Labute approximate surface area is 121 Å². The minimum Gasteiger partial charge on any atom is -0.396 e. The molecule has 2 rings (SSSR count). The van der Waals surface area contributed by atoms with Crippen LogP contribution in [0, 0.1) is 11.2 Å². The number of aliphatic hydroxyl groups excluding tert-OH is 1. The van der Waals surface area contributed by atoms with Gasteiger partial charge in [0, 0.05) is 36.2 Å². The maximum absolute atomic E-state index is 13.2. The van der Waals surface area contributed by atoms with E-state index in [1.165, 1.54) is 12.1 Å². The zero-order valence-corrected chi connectivity index (χ0v) is 12.4. The van der Waals surface area contributed by atoms with Crippen LogP contribution in [0.1, 0.15) is 18.4 Å². The van der Waals surface area contributed by atoms with E-state index in [1.807, 2.05) is 0 Å². The first-order valence-corrected chi connectivity index (χ1v) is 7.28. The van der Waals surface area contributed by atoms with Crippen molar-refractivity contribution in [2.24, 2.45) is 5.41 Å². The second-order valence-electron chi connectivity index (χ2n) is 5.12. The summed E-state index contributed by atoms with van der Waals surface area (Å²) >= 11 is 3.42. The van der Waals surface area contributed by atoms with E-state index in [4.69, 9.17) is 9.84 Å². The van der Waals surface area contributed by atoms with Crippen molar-refractivity contribution in [2.75, 3.05) is 26.4 Å². The summed E-state index contributed by atoms with van der Waals surface area (Å²) in [5.41, 5.74) is 0.923. The molecule has 106 valence electrons. The highest BCUT2D eigenvalue weighted by Gasteiger charge is 2.33. The number of benzene rings is 1. The Morgan fingerprint density at radius 3 is 3.00 bits per heavy atom. The lowest BCUT2D eigenvalue weighted by atomic mass is 9.84. The van der Waals surface area contributed by atoms with Crippen LogP contribution in [0.3, 0.4) is 0 Å². The normalized spacial score (nSPS) is 22.9. The van der Waals surface area contributed by atoms with Gasteiger partial charge in [0.1, 0.15) is 5.82 Å². The number of hydrogen-bond acceptors (Lipinski definition) is 3. The molecule has 1 unspecified atom stereocenters. The van der Waals surface area contributed by atoms with E-state index in [9.17, 15) is 4.39 Å². The van der Waals surface area contributed by atoms with Gasteiger partial charge in [-0.05, 0) is 36.6 Å². The molecule has 1 fully saturated rings. The highest BCUT2D eigenvalue weighted by Crippen LogP contribution is 2.31. The second-order valence-corrected chi connectivity index (χ2v) is 5.97. The third-order valence-corrected chi connectivity index (χ3v) is 4.42. The Bertz CT molecular complexity index is 422. The standard InChI is InChI=1S/C14H19BrFNO2/c15-13-2-1-12(16)7-11(13)8-17-9-14(3-5-18)4-6-19-10-14/h1-2,7,17-18H,3-6,8-10H2. The molecule has 0 amide bonds. The fraction of sp³-hybridized carbons (Fsp3) is 0.571. The SMILES string of the molecule is OCCC1(CNCc2cc(F)ccc2Br)CCOC1. The van der Waals surface area contributed by atoms with Gasteiger partial charge in [0.05, 0.1) is 6.61 Å². The van der Waals surface area contributed by atoms with E-state index >= 15 is 0 Å². The van der Waals surface area contributed by atoms with Crippen molar-refractivity contribution in [3.63, 3.8) is 0 Å². The molecule has 0 radical (unpaired) electrons. The molecule has 1 heterocycles. The summed E-state index contributed by atoms with van der Waals surface area (Å²) in [5, 5.41) is 12.5. The zero-order valence-electron chi connectivity index (χ0n) is 10.8. The van der Waals surface area contributed by atoms with E-state index in [0.29, 0.717) is 13.2 Å². The van der Waals surface area contributed by atoms with Crippen molar-refractivity contribution in [3.05, 3.63) is 34.1 Å². The maximum atomic E-state index is 13.2. The first-order valence-electron chi connectivity index (χ1n) is 6.48. The van der Waals surface area contributed by atoms with Gasteiger partial charge in [-0.25, -0.2) is 4.39 Å². The summed E-state index contributed by atoms with van der Waals surface area (Å²) in [6.07, 6.45) is 1.70. The van der Waals surface area contributed by atoms with E-state index in [-0.39, 0.29) is 17.8 Å². The molecule has 0 aliphatic carbocycles. The van der Waals surface area contributed by atoms with Gasteiger partial charge in [-0.2, -0.15) is 0 Å². The molecule has 19 heavy (non-hydrogen) atoms. The first-order chi connectivity index (χ1) is 9.15. The Hall–Kier alpha value is -0.490. The predicted octanol–water partition coefficient (Wildman–Crippen LogP) is 2.47. The Morgan fingerprint density at radius 1 is 1.47 bits per heavy atom. The minimum atomic E-state index is -0.228. The van der Waals surface area contributed by atoms with Crippen molar-refractivity contribution in [1.82, 2.24) is 5.32 Å². The van der Waals surface area contributed by atoms with Crippen LogP contribution in [-0.4, -0.2) is 31.5 Å². The molecule has 1 aliphatic rings. The number of aliphatic hydroxyl groups is 1. The van der Waals surface area contributed by atoms with Gasteiger partial charge in [-0.15, -0.1) is 0 Å². The Kier molecular flexibility index (Phi) is 5.33. The average molecular weight is 332 g/mol. The molecule has 0 spiro atoms. The summed E-state index contributed by atoms with van der Waals surface area (Å²) in [6, 6.07) is 4.68. The van der Waals surface area contributed by atoms with Crippen LogP contribution in [-0.2, 0) is 11.3 Å². The fourth-order valence-corrected chi connectivity index (χ4v) is 2.84. The topological polar surface area (TPSA) is 41.5 Å². The number of rotatable bonds is 6. The second kappa shape index (κ2) is 6.79. The minimum absolute atomic E-state index is 0.0224. The molecule has 3 nitrogen and oxygen atoms in total. The van der Waals surface area contributed by atoms with Gasteiger partial charge >= 0.3 is 0 Å². The zero-order chi connectivity index (χ0) is 13.7. The van der Waals surface area contributed by atoms with Crippen molar-refractivity contribution in [3.8, 4) is 0 Å². The highest BCUT2D eigenvalue weighted by molar-refractivity contribution is 9.10. The van der Waals surface area contributed by atoms with Crippen LogP contribution < -0.4 is 5.32 Å².